The number of nitrogens with one attached hydrogen (secondary N) is 1. The van der Waals surface area contributed by atoms with Crippen LogP contribution in [0.2, 0.25) is 0 Å². The van der Waals surface area contributed by atoms with Gasteiger partial charge in [0.1, 0.15) is 12.1 Å². The number of piperazine rings is 1. The second-order valence-corrected chi connectivity index (χ2v) is 5.96. The van der Waals surface area contributed by atoms with E-state index in [-0.39, 0.29) is 29.9 Å². The maximum absolute atomic E-state index is 12.6. The first kappa shape index (κ1) is 15.3. The molecule has 0 aromatic carbocycles. The molecule has 0 spiro atoms. The molecular formula is C15H26N2O3. The molecule has 114 valence electrons. The van der Waals surface area contributed by atoms with Gasteiger partial charge in [0, 0.05) is 19.3 Å². The van der Waals surface area contributed by atoms with E-state index in [1.165, 1.54) is 0 Å². The summed E-state index contributed by atoms with van der Waals surface area (Å²) >= 11 is 0. The lowest BCUT2D eigenvalue weighted by Gasteiger charge is -2.44. The van der Waals surface area contributed by atoms with Gasteiger partial charge in [-0.05, 0) is 39.0 Å². The van der Waals surface area contributed by atoms with Gasteiger partial charge in [-0.1, -0.05) is 13.3 Å². The predicted octanol–water partition coefficient (Wildman–Crippen LogP) is 1.32. The Kier molecular flexibility index (Phi) is 5.02. The smallest absolute Gasteiger partial charge is 0.246 e. The lowest BCUT2D eigenvalue weighted by molar-refractivity contribution is -0.153. The van der Waals surface area contributed by atoms with Gasteiger partial charge < -0.3 is 15.0 Å². The van der Waals surface area contributed by atoms with Crippen molar-refractivity contribution in [3.05, 3.63) is 0 Å². The number of rotatable bonds is 4. The van der Waals surface area contributed by atoms with Gasteiger partial charge in [-0.2, -0.15) is 0 Å². The molecule has 3 atom stereocenters. The van der Waals surface area contributed by atoms with Crippen molar-refractivity contribution >= 4 is 11.8 Å². The molecule has 2 fully saturated rings. The third kappa shape index (κ3) is 2.97. The summed E-state index contributed by atoms with van der Waals surface area (Å²) in [4.78, 5) is 26.5. The summed E-state index contributed by atoms with van der Waals surface area (Å²) in [5, 5.41) is 2.85. The molecule has 0 bridgehead atoms. The Morgan fingerprint density at radius 1 is 1.35 bits per heavy atom. The molecule has 5 nitrogen and oxygen atoms in total. The number of carbonyl (C=O) groups is 2. The number of hydrogen-bond acceptors (Lipinski definition) is 3. The minimum Gasteiger partial charge on any atom is -0.381 e. The van der Waals surface area contributed by atoms with Crippen LogP contribution < -0.4 is 5.32 Å². The van der Waals surface area contributed by atoms with Crippen LogP contribution in [-0.4, -0.2) is 48.1 Å². The second-order valence-electron chi connectivity index (χ2n) is 5.96. The van der Waals surface area contributed by atoms with Crippen LogP contribution in [0.1, 0.15) is 46.5 Å². The van der Waals surface area contributed by atoms with Gasteiger partial charge in [-0.25, -0.2) is 0 Å². The predicted molar refractivity (Wildman–Crippen MR) is 76.2 cm³/mol. The van der Waals surface area contributed by atoms with Crippen molar-refractivity contribution in [2.45, 2.75) is 64.6 Å². The molecule has 2 aliphatic heterocycles. The zero-order chi connectivity index (χ0) is 14.7. The summed E-state index contributed by atoms with van der Waals surface area (Å²) in [6, 6.07) is -0.605. The van der Waals surface area contributed by atoms with E-state index >= 15 is 0 Å². The number of hydrogen-bond donors (Lipinski definition) is 1. The molecule has 1 N–H and O–H groups in total. The van der Waals surface area contributed by atoms with Crippen molar-refractivity contribution in [3.63, 3.8) is 0 Å². The molecule has 2 amide bonds. The highest BCUT2D eigenvalue weighted by Gasteiger charge is 2.41. The minimum absolute atomic E-state index is 0.0260. The highest BCUT2D eigenvalue weighted by molar-refractivity contribution is 5.96. The van der Waals surface area contributed by atoms with Gasteiger partial charge >= 0.3 is 0 Å². The van der Waals surface area contributed by atoms with Gasteiger partial charge in [0.2, 0.25) is 11.8 Å². The van der Waals surface area contributed by atoms with E-state index in [0.29, 0.717) is 12.3 Å². The largest absolute Gasteiger partial charge is 0.381 e. The Morgan fingerprint density at radius 2 is 2.00 bits per heavy atom. The van der Waals surface area contributed by atoms with Crippen molar-refractivity contribution in [2.24, 2.45) is 5.92 Å². The average Bonchev–Trinajstić information content (AvgIpc) is 2.46. The lowest BCUT2D eigenvalue weighted by atomic mass is 9.89. The monoisotopic (exact) mass is 282 g/mol. The standard InChI is InChI=1S/C15H26N2O3/c1-4-5-13-15(19)17(11(3)14(18)16-13)10(2)12-6-8-20-9-7-12/h10-13H,4-9H2,1-3H3,(H,16,18). The molecule has 2 aliphatic rings. The summed E-state index contributed by atoms with van der Waals surface area (Å²) in [7, 11) is 0. The Morgan fingerprint density at radius 3 is 2.60 bits per heavy atom. The fraction of sp³-hybridized carbons (Fsp3) is 0.867. The van der Waals surface area contributed by atoms with Crippen LogP contribution in [0.25, 0.3) is 0 Å². The van der Waals surface area contributed by atoms with E-state index in [1.807, 2.05) is 18.7 Å². The third-order valence-corrected chi connectivity index (χ3v) is 4.63. The van der Waals surface area contributed by atoms with Crippen molar-refractivity contribution < 1.29 is 14.3 Å². The Bertz CT molecular complexity index is 366. The first-order chi connectivity index (χ1) is 9.56. The third-order valence-electron chi connectivity index (χ3n) is 4.63. The molecule has 2 saturated heterocycles. The van der Waals surface area contributed by atoms with E-state index in [1.54, 1.807) is 0 Å². The zero-order valence-corrected chi connectivity index (χ0v) is 12.7. The van der Waals surface area contributed by atoms with E-state index < -0.39 is 0 Å². The Hall–Kier alpha value is -1.10. The zero-order valence-electron chi connectivity index (χ0n) is 12.7. The van der Waals surface area contributed by atoms with Crippen LogP contribution in [0, 0.1) is 5.92 Å². The van der Waals surface area contributed by atoms with Crippen molar-refractivity contribution in [1.82, 2.24) is 10.2 Å². The number of carbonyl (C=O) groups excluding carboxylic acids is 2. The van der Waals surface area contributed by atoms with Crippen molar-refractivity contribution in [1.29, 1.82) is 0 Å². The molecule has 20 heavy (non-hydrogen) atoms. The second kappa shape index (κ2) is 6.57. The number of amides is 2. The molecule has 0 radical (unpaired) electrons. The summed E-state index contributed by atoms with van der Waals surface area (Å²) < 4.78 is 5.39. The molecule has 3 unspecified atom stereocenters. The Labute approximate surface area is 121 Å². The molecular weight excluding hydrogens is 256 g/mol. The van der Waals surface area contributed by atoms with E-state index in [0.717, 1.165) is 32.5 Å². The first-order valence-corrected chi connectivity index (χ1v) is 7.76. The van der Waals surface area contributed by atoms with Crippen LogP contribution in [0.5, 0.6) is 0 Å². The number of ether oxygens (including phenoxy) is 1. The fourth-order valence-electron chi connectivity index (χ4n) is 3.31. The summed E-state index contributed by atoms with van der Waals surface area (Å²) in [6.45, 7) is 7.45. The summed E-state index contributed by atoms with van der Waals surface area (Å²) in [6.07, 6.45) is 3.55. The maximum atomic E-state index is 12.6. The molecule has 0 aromatic rings. The molecule has 2 rings (SSSR count). The fourth-order valence-corrected chi connectivity index (χ4v) is 3.31. The van der Waals surface area contributed by atoms with E-state index in [4.69, 9.17) is 4.74 Å². The molecule has 0 aromatic heterocycles. The Balaban J connectivity index is 2.12. The molecule has 5 heteroatoms. The lowest BCUT2D eigenvalue weighted by Crippen LogP contribution is -2.65. The molecule has 2 heterocycles. The van der Waals surface area contributed by atoms with Crippen molar-refractivity contribution in [3.8, 4) is 0 Å². The molecule has 0 aliphatic carbocycles. The SMILES string of the molecule is CCCC1NC(=O)C(C)N(C(C)C2CCOCC2)C1=O. The van der Waals surface area contributed by atoms with Crippen molar-refractivity contribution in [2.75, 3.05) is 13.2 Å². The maximum Gasteiger partial charge on any atom is 0.246 e. The van der Waals surface area contributed by atoms with E-state index in [9.17, 15) is 9.59 Å². The first-order valence-electron chi connectivity index (χ1n) is 7.76. The highest BCUT2D eigenvalue weighted by Crippen LogP contribution is 2.26. The van der Waals surface area contributed by atoms with Crippen LogP contribution in [0.15, 0.2) is 0 Å². The van der Waals surface area contributed by atoms with Gasteiger partial charge in [-0.15, -0.1) is 0 Å². The van der Waals surface area contributed by atoms with Gasteiger partial charge in [0.25, 0.3) is 0 Å². The van der Waals surface area contributed by atoms with Gasteiger partial charge in [-0.3, -0.25) is 9.59 Å². The minimum atomic E-state index is -0.367. The highest BCUT2D eigenvalue weighted by atomic mass is 16.5. The van der Waals surface area contributed by atoms with Crippen LogP contribution in [0.4, 0.5) is 0 Å². The summed E-state index contributed by atoms with van der Waals surface area (Å²) in [5.74, 6) is 0.489. The van der Waals surface area contributed by atoms with Gasteiger partial charge in [0.15, 0.2) is 0 Å². The topological polar surface area (TPSA) is 58.6 Å². The normalized spacial score (nSPS) is 30.2. The van der Waals surface area contributed by atoms with E-state index in [2.05, 4.69) is 12.2 Å². The summed E-state index contributed by atoms with van der Waals surface area (Å²) in [5.41, 5.74) is 0. The van der Waals surface area contributed by atoms with Crippen LogP contribution in [0.3, 0.4) is 0 Å². The van der Waals surface area contributed by atoms with Crippen LogP contribution in [-0.2, 0) is 14.3 Å². The quantitative estimate of drug-likeness (QED) is 0.846. The van der Waals surface area contributed by atoms with Gasteiger partial charge in [0.05, 0.1) is 0 Å². The number of nitrogens with zero attached hydrogens (tertiary/aromatic N) is 1. The van der Waals surface area contributed by atoms with Crippen LogP contribution >= 0.6 is 0 Å². The molecule has 0 saturated carbocycles. The average molecular weight is 282 g/mol.